The first kappa shape index (κ1) is 19.1. The highest BCUT2D eigenvalue weighted by molar-refractivity contribution is 6.18. The highest BCUT2D eigenvalue weighted by atomic mass is 35.5. The minimum absolute atomic E-state index is 0.0103. The second-order valence-electron chi connectivity index (χ2n) is 8.06. The van der Waals surface area contributed by atoms with Gasteiger partial charge < -0.3 is 9.47 Å². The molecule has 2 fully saturated rings. The minimum atomic E-state index is -0.0103. The van der Waals surface area contributed by atoms with E-state index in [-0.39, 0.29) is 30.4 Å². The van der Waals surface area contributed by atoms with Crippen molar-refractivity contribution >= 4 is 22.4 Å². The SMILES string of the molecule is C[C@H](c1cccc2ccccc12)N1C[C@@H]2O[C@@H]2[C@H](OCc2ccccc2)[C@H]1CCl. The number of epoxide rings is 1. The van der Waals surface area contributed by atoms with Crippen LogP contribution in [-0.2, 0) is 16.1 Å². The molecule has 3 nitrogen and oxygen atoms in total. The molecule has 2 aliphatic heterocycles. The molecule has 0 radical (unpaired) electrons. The molecular weight excluding hydrogens is 382 g/mol. The zero-order valence-electron chi connectivity index (χ0n) is 16.6. The molecule has 5 atom stereocenters. The molecule has 0 aliphatic carbocycles. The Morgan fingerprint density at radius 1 is 1.03 bits per heavy atom. The molecule has 0 N–H and O–H groups in total. The number of piperidine rings is 1. The first-order valence-corrected chi connectivity index (χ1v) is 10.9. The molecule has 2 aliphatic rings. The molecule has 3 aromatic carbocycles. The molecule has 29 heavy (non-hydrogen) atoms. The van der Waals surface area contributed by atoms with Crippen molar-refractivity contribution in [3.63, 3.8) is 0 Å². The smallest absolute Gasteiger partial charge is 0.113 e. The normalized spacial score (nSPS) is 27.5. The van der Waals surface area contributed by atoms with E-state index in [0.717, 1.165) is 6.54 Å². The van der Waals surface area contributed by atoms with Crippen molar-refractivity contribution < 1.29 is 9.47 Å². The minimum Gasteiger partial charge on any atom is -0.369 e. The maximum atomic E-state index is 6.51. The van der Waals surface area contributed by atoms with Crippen LogP contribution in [-0.4, -0.2) is 41.7 Å². The van der Waals surface area contributed by atoms with Crippen LogP contribution >= 0.6 is 11.6 Å². The number of nitrogens with zero attached hydrogens (tertiary/aromatic N) is 1. The number of rotatable bonds is 6. The number of hydrogen-bond acceptors (Lipinski definition) is 3. The summed E-state index contributed by atoms with van der Waals surface area (Å²) >= 11 is 6.51. The van der Waals surface area contributed by atoms with Crippen LogP contribution in [0.4, 0.5) is 0 Å². The van der Waals surface area contributed by atoms with E-state index in [1.807, 2.05) is 18.2 Å². The Labute approximate surface area is 177 Å². The van der Waals surface area contributed by atoms with E-state index in [9.17, 15) is 0 Å². The Morgan fingerprint density at radius 2 is 1.79 bits per heavy atom. The van der Waals surface area contributed by atoms with Gasteiger partial charge in [-0.3, -0.25) is 4.90 Å². The van der Waals surface area contributed by atoms with Gasteiger partial charge in [-0.25, -0.2) is 0 Å². The summed E-state index contributed by atoms with van der Waals surface area (Å²) in [5.41, 5.74) is 2.51. The average Bonchev–Trinajstić information content (AvgIpc) is 3.56. The van der Waals surface area contributed by atoms with Crippen LogP contribution < -0.4 is 0 Å². The quantitative estimate of drug-likeness (QED) is 0.416. The van der Waals surface area contributed by atoms with Gasteiger partial charge in [0.15, 0.2) is 0 Å². The van der Waals surface area contributed by atoms with Crippen LogP contribution in [0, 0.1) is 0 Å². The molecule has 5 rings (SSSR count). The predicted octanol–water partition coefficient (Wildman–Crippen LogP) is 5.18. The number of alkyl halides is 1. The van der Waals surface area contributed by atoms with E-state index in [1.165, 1.54) is 21.9 Å². The van der Waals surface area contributed by atoms with Gasteiger partial charge in [-0.1, -0.05) is 72.8 Å². The fourth-order valence-electron chi connectivity index (χ4n) is 4.73. The molecule has 2 heterocycles. The Hall–Kier alpha value is -1.91. The summed E-state index contributed by atoms with van der Waals surface area (Å²) in [4.78, 5) is 2.48. The summed E-state index contributed by atoms with van der Waals surface area (Å²) in [5.74, 6) is 0.529. The van der Waals surface area contributed by atoms with Crippen molar-refractivity contribution in [2.75, 3.05) is 12.4 Å². The van der Waals surface area contributed by atoms with Crippen molar-refractivity contribution in [2.45, 2.75) is 43.9 Å². The molecular formula is C25H26ClNO2. The highest BCUT2D eigenvalue weighted by Gasteiger charge is 2.55. The van der Waals surface area contributed by atoms with Crippen molar-refractivity contribution in [1.82, 2.24) is 4.90 Å². The number of ether oxygens (including phenoxy) is 2. The van der Waals surface area contributed by atoms with E-state index < -0.39 is 0 Å². The summed E-state index contributed by atoms with van der Waals surface area (Å²) in [6.07, 6.45) is 0.398. The highest BCUT2D eigenvalue weighted by Crippen LogP contribution is 2.41. The molecule has 150 valence electrons. The molecule has 0 unspecified atom stereocenters. The lowest BCUT2D eigenvalue weighted by Gasteiger charge is -2.42. The van der Waals surface area contributed by atoms with E-state index >= 15 is 0 Å². The van der Waals surface area contributed by atoms with Crippen molar-refractivity contribution in [3.05, 3.63) is 83.9 Å². The largest absolute Gasteiger partial charge is 0.369 e. The Kier molecular flexibility index (Phi) is 5.31. The molecule has 2 saturated heterocycles. The van der Waals surface area contributed by atoms with Gasteiger partial charge in [-0.2, -0.15) is 0 Å². The lowest BCUT2D eigenvalue weighted by Crippen LogP contribution is -2.55. The van der Waals surface area contributed by atoms with E-state index in [0.29, 0.717) is 12.5 Å². The summed E-state index contributed by atoms with van der Waals surface area (Å²) < 4.78 is 12.4. The van der Waals surface area contributed by atoms with Gasteiger partial charge in [0.1, 0.15) is 12.2 Å². The topological polar surface area (TPSA) is 25.0 Å². The number of benzene rings is 3. The van der Waals surface area contributed by atoms with Crippen LogP contribution in [0.2, 0.25) is 0 Å². The number of hydrogen-bond donors (Lipinski definition) is 0. The molecule has 0 aromatic heterocycles. The van der Waals surface area contributed by atoms with Crippen molar-refractivity contribution in [3.8, 4) is 0 Å². The molecule has 4 heteroatoms. The molecule has 0 saturated carbocycles. The maximum Gasteiger partial charge on any atom is 0.113 e. The Morgan fingerprint density at radius 3 is 2.62 bits per heavy atom. The third-order valence-electron chi connectivity index (χ3n) is 6.36. The van der Waals surface area contributed by atoms with E-state index in [2.05, 4.69) is 66.4 Å². The van der Waals surface area contributed by atoms with Crippen LogP contribution in [0.5, 0.6) is 0 Å². The fraction of sp³-hybridized carbons (Fsp3) is 0.360. The summed E-state index contributed by atoms with van der Waals surface area (Å²) in [6, 6.07) is 25.8. The molecule has 3 aromatic rings. The standard InChI is InChI=1S/C25H26ClNO2/c1-17(20-13-7-11-19-10-5-6-12-21(19)20)27-15-23-25(29-23)24(22(27)14-26)28-16-18-8-3-2-4-9-18/h2-13,17,22-25H,14-16H2,1H3/t17-,22-,23+,24-,25+/m1/s1. The molecule has 0 spiro atoms. The van der Waals surface area contributed by atoms with Gasteiger partial charge in [0, 0.05) is 18.5 Å². The van der Waals surface area contributed by atoms with Crippen LogP contribution in [0.25, 0.3) is 10.8 Å². The predicted molar refractivity (Wildman–Crippen MR) is 117 cm³/mol. The Bertz CT molecular complexity index is 973. The molecule has 0 bridgehead atoms. The van der Waals surface area contributed by atoms with Crippen LogP contribution in [0.1, 0.15) is 24.1 Å². The van der Waals surface area contributed by atoms with Gasteiger partial charge in [-0.15, -0.1) is 11.6 Å². The third-order valence-corrected chi connectivity index (χ3v) is 6.67. The zero-order valence-corrected chi connectivity index (χ0v) is 17.3. The van der Waals surface area contributed by atoms with Crippen molar-refractivity contribution in [1.29, 1.82) is 0 Å². The summed E-state index contributed by atoms with van der Waals surface area (Å²) in [7, 11) is 0. The number of halogens is 1. The second-order valence-corrected chi connectivity index (χ2v) is 8.37. The summed E-state index contributed by atoms with van der Waals surface area (Å²) in [5, 5.41) is 2.57. The van der Waals surface area contributed by atoms with Gasteiger partial charge in [0.2, 0.25) is 0 Å². The van der Waals surface area contributed by atoms with E-state index in [4.69, 9.17) is 21.1 Å². The Balaban J connectivity index is 1.40. The van der Waals surface area contributed by atoms with Gasteiger partial charge >= 0.3 is 0 Å². The first-order chi connectivity index (χ1) is 14.3. The average molecular weight is 408 g/mol. The number of fused-ring (bicyclic) bond motifs is 2. The van der Waals surface area contributed by atoms with Gasteiger partial charge in [-0.05, 0) is 28.8 Å². The van der Waals surface area contributed by atoms with E-state index in [1.54, 1.807) is 0 Å². The van der Waals surface area contributed by atoms with Crippen LogP contribution in [0.3, 0.4) is 0 Å². The second kappa shape index (κ2) is 8.08. The monoisotopic (exact) mass is 407 g/mol. The first-order valence-electron chi connectivity index (χ1n) is 10.4. The third kappa shape index (κ3) is 3.69. The van der Waals surface area contributed by atoms with Gasteiger partial charge in [0.25, 0.3) is 0 Å². The van der Waals surface area contributed by atoms with Crippen molar-refractivity contribution in [2.24, 2.45) is 0 Å². The lowest BCUT2D eigenvalue weighted by molar-refractivity contribution is -0.0467. The van der Waals surface area contributed by atoms with Crippen LogP contribution in [0.15, 0.2) is 72.8 Å². The van der Waals surface area contributed by atoms with Gasteiger partial charge in [0.05, 0.1) is 18.8 Å². The molecule has 0 amide bonds. The number of likely N-dealkylation sites (tertiary alicyclic amines) is 1. The lowest BCUT2D eigenvalue weighted by atomic mass is 9.93. The zero-order chi connectivity index (χ0) is 19.8. The fourth-order valence-corrected chi connectivity index (χ4v) is 5.08. The summed E-state index contributed by atoms with van der Waals surface area (Å²) in [6.45, 7) is 3.76. The maximum absolute atomic E-state index is 6.51.